The van der Waals surface area contributed by atoms with Crippen molar-refractivity contribution in [3.05, 3.63) is 12.2 Å². The van der Waals surface area contributed by atoms with Gasteiger partial charge in [0.05, 0.1) is 0 Å². The van der Waals surface area contributed by atoms with E-state index in [-0.39, 0.29) is 5.78 Å². The Morgan fingerprint density at radius 2 is 2.22 bits per heavy atom. The molecule has 1 nitrogen and oxygen atoms in total. The molecule has 0 aliphatic rings. The molecule has 0 amide bonds. The lowest BCUT2D eigenvalue weighted by Gasteiger charge is -1.65. The minimum Gasteiger partial charge on any atom is -0.285 e. The Kier molecular flexibility index (Phi) is 3.92. The van der Waals surface area contributed by atoms with Crippen molar-refractivity contribution in [3.63, 3.8) is 0 Å². The van der Waals surface area contributed by atoms with Gasteiger partial charge in [-0.2, -0.15) is 0 Å². The zero-order chi connectivity index (χ0) is 7.11. The molecule has 0 atom stereocenters. The standard InChI is InChI=1S/C8H6O/c1-3-4-5-6-7-8(2)9/h1,4-5H,2H3/b5-4-. The number of terminal acetylenes is 1. The molecular formula is C8H6O. The highest BCUT2D eigenvalue weighted by atomic mass is 16.1. The average molecular weight is 118 g/mol. The predicted octanol–water partition coefficient (Wildman–Crippen LogP) is 0.768. The van der Waals surface area contributed by atoms with E-state index in [0.29, 0.717) is 0 Å². The first-order valence-electron chi connectivity index (χ1n) is 2.40. The summed E-state index contributed by atoms with van der Waals surface area (Å²) >= 11 is 0. The summed E-state index contributed by atoms with van der Waals surface area (Å²) in [6.45, 7) is 1.40. The third-order valence-corrected chi connectivity index (χ3v) is 0.511. The largest absolute Gasteiger partial charge is 0.285 e. The highest BCUT2D eigenvalue weighted by molar-refractivity contribution is 5.93. The van der Waals surface area contributed by atoms with E-state index >= 15 is 0 Å². The van der Waals surface area contributed by atoms with Crippen LogP contribution in [-0.4, -0.2) is 5.78 Å². The van der Waals surface area contributed by atoms with Crippen LogP contribution < -0.4 is 0 Å². The van der Waals surface area contributed by atoms with Crippen LogP contribution in [-0.2, 0) is 4.79 Å². The van der Waals surface area contributed by atoms with Gasteiger partial charge in [0.1, 0.15) is 0 Å². The minimum absolute atomic E-state index is 0.156. The number of Topliss-reactive ketones (excluding diaryl/α,β-unsaturated/α-hetero) is 1. The van der Waals surface area contributed by atoms with Crippen LogP contribution >= 0.6 is 0 Å². The molecule has 0 unspecified atom stereocenters. The van der Waals surface area contributed by atoms with E-state index in [4.69, 9.17) is 6.42 Å². The maximum Gasteiger partial charge on any atom is 0.202 e. The number of ketones is 1. The van der Waals surface area contributed by atoms with Crippen molar-refractivity contribution in [2.45, 2.75) is 6.92 Å². The van der Waals surface area contributed by atoms with Crippen LogP contribution in [0.25, 0.3) is 0 Å². The van der Waals surface area contributed by atoms with Gasteiger partial charge in [0.15, 0.2) is 0 Å². The highest BCUT2D eigenvalue weighted by Crippen LogP contribution is 1.66. The predicted molar refractivity (Wildman–Crippen MR) is 36.4 cm³/mol. The highest BCUT2D eigenvalue weighted by Gasteiger charge is 1.73. The Morgan fingerprint density at radius 1 is 1.56 bits per heavy atom. The van der Waals surface area contributed by atoms with E-state index in [1.54, 1.807) is 0 Å². The molecule has 0 aromatic rings. The Labute approximate surface area is 54.8 Å². The molecule has 0 N–H and O–H groups in total. The van der Waals surface area contributed by atoms with Gasteiger partial charge >= 0.3 is 0 Å². The van der Waals surface area contributed by atoms with E-state index in [1.807, 2.05) is 0 Å². The summed E-state index contributed by atoms with van der Waals surface area (Å²) in [5.74, 6) is 6.86. The van der Waals surface area contributed by atoms with Gasteiger partial charge in [0, 0.05) is 6.92 Å². The zero-order valence-electron chi connectivity index (χ0n) is 5.14. The summed E-state index contributed by atoms with van der Waals surface area (Å²) in [5, 5.41) is 0. The molecule has 0 radical (unpaired) electrons. The number of hydrogen-bond donors (Lipinski definition) is 0. The quantitative estimate of drug-likeness (QED) is 0.339. The van der Waals surface area contributed by atoms with Crippen molar-refractivity contribution in [2.75, 3.05) is 0 Å². The van der Waals surface area contributed by atoms with Crippen LogP contribution in [0.3, 0.4) is 0 Å². The van der Waals surface area contributed by atoms with Crippen molar-refractivity contribution in [1.29, 1.82) is 0 Å². The molecule has 0 saturated carbocycles. The van der Waals surface area contributed by atoms with Crippen molar-refractivity contribution in [2.24, 2.45) is 0 Å². The lowest BCUT2D eigenvalue weighted by atomic mass is 10.4. The average Bonchev–Trinajstić information content (AvgIpc) is 1.80. The second kappa shape index (κ2) is 4.68. The van der Waals surface area contributed by atoms with Gasteiger partial charge in [0.25, 0.3) is 0 Å². The molecule has 44 valence electrons. The molecule has 0 bridgehead atoms. The van der Waals surface area contributed by atoms with Gasteiger partial charge in [-0.25, -0.2) is 0 Å². The third kappa shape index (κ3) is 6.53. The van der Waals surface area contributed by atoms with E-state index in [1.165, 1.54) is 19.1 Å². The van der Waals surface area contributed by atoms with Gasteiger partial charge in [-0.05, 0) is 18.1 Å². The summed E-state index contributed by atoms with van der Waals surface area (Å²) in [4.78, 5) is 10.1. The maximum atomic E-state index is 10.1. The Hall–Kier alpha value is -1.47. The first-order chi connectivity index (χ1) is 4.27. The van der Waals surface area contributed by atoms with Crippen LogP contribution in [0.1, 0.15) is 6.92 Å². The topological polar surface area (TPSA) is 17.1 Å². The van der Waals surface area contributed by atoms with Crippen molar-refractivity contribution in [1.82, 2.24) is 0 Å². The summed E-state index contributed by atoms with van der Waals surface area (Å²) in [7, 11) is 0. The minimum atomic E-state index is -0.156. The molecule has 0 aliphatic carbocycles. The monoisotopic (exact) mass is 118 g/mol. The van der Waals surface area contributed by atoms with Crippen LogP contribution in [0, 0.1) is 24.2 Å². The molecule has 0 aromatic carbocycles. The molecule has 9 heavy (non-hydrogen) atoms. The van der Waals surface area contributed by atoms with Gasteiger partial charge in [0.2, 0.25) is 5.78 Å². The second-order valence-corrected chi connectivity index (χ2v) is 1.33. The van der Waals surface area contributed by atoms with Gasteiger partial charge in [-0.1, -0.05) is 11.8 Å². The van der Waals surface area contributed by atoms with Crippen LogP contribution in [0.4, 0.5) is 0 Å². The SMILES string of the molecule is C#C/C=C\C#CC(C)=O. The Balaban J connectivity index is 3.80. The van der Waals surface area contributed by atoms with Crippen LogP contribution in [0.2, 0.25) is 0 Å². The molecule has 1 heteroatoms. The maximum absolute atomic E-state index is 10.1. The molecule has 0 saturated heterocycles. The summed E-state index contributed by atoms with van der Waals surface area (Å²) in [5.41, 5.74) is 0. The fraction of sp³-hybridized carbons (Fsp3) is 0.125. The van der Waals surface area contributed by atoms with Gasteiger partial charge in [-0.3, -0.25) is 4.79 Å². The number of carbonyl (C=O) groups excluding carboxylic acids is 1. The number of hydrogen-bond acceptors (Lipinski definition) is 1. The first kappa shape index (κ1) is 7.53. The number of rotatable bonds is 0. The molecule has 0 spiro atoms. The smallest absolute Gasteiger partial charge is 0.202 e. The molecule has 0 heterocycles. The molecular weight excluding hydrogens is 112 g/mol. The lowest BCUT2D eigenvalue weighted by Crippen LogP contribution is -1.78. The first-order valence-corrected chi connectivity index (χ1v) is 2.40. The third-order valence-electron chi connectivity index (χ3n) is 0.511. The van der Waals surface area contributed by atoms with Crippen molar-refractivity contribution in [3.8, 4) is 24.2 Å². The normalized spacial score (nSPS) is 7.56. The molecule has 0 aliphatic heterocycles. The van der Waals surface area contributed by atoms with Gasteiger partial charge in [-0.15, -0.1) is 6.42 Å². The molecule has 0 fully saturated rings. The summed E-state index contributed by atoms with van der Waals surface area (Å²) in [6.07, 6.45) is 7.76. The Bertz CT molecular complexity index is 217. The van der Waals surface area contributed by atoms with Crippen LogP contribution in [0.15, 0.2) is 12.2 Å². The molecule has 0 rings (SSSR count). The summed E-state index contributed by atoms with van der Waals surface area (Å²) < 4.78 is 0. The zero-order valence-corrected chi connectivity index (χ0v) is 5.14. The molecule has 0 aromatic heterocycles. The number of allylic oxidation sites excluding steroid dienone is 2. The van der Waals surface area contributed by atoms with E-state index in [9.17, 15) is 4.79 Å². The van der Waals surface area contributed by atoms with E-state index in [2.05, 4.69) is 17.8 Å². The lowest BCUT2D eigenvalue weighted by molar-refractivity contribution is -0.111. The Morgan fingerprint density at radius 3 is 2.67 bits per heavy atom. The second-order valence-electron chi connectivity index (χ2n) is 1.33. The fourth-order valence-electron chi connectivity index (χ4n) is 0.233. The summed E-state index contributed by atoms with van der Waals surface area (Å²) in [6, 6.07) is 0. The van der Waals surface area contributed by atoms with Crippen molar-refractivity contribution >= 4 is 5.78 Å². The van der Waals surface area contributed by atoms with E-state index < -0.39 is 0 Å². The van der Waals surface area contributed by atoms with Crippen LogP contribution in [0.5, 0.6) is 0 Å². The van der Waals surface area contributed by atoms with E-state index in [0.717, 1.165) is 0 Å². The number of carbonyl (C=O) groups is 1. The van der Waals surface area contributed by atoms with Gasteiger partial charge < -0.3 is 0 Å². The fourth-order valence-corrected chi connectivity index (χ4v) is 0.233. The van der Waals surface area contributed by atoms with Crippen molar-refractivity contribution < 1.29 is 4.79 Å².